The summed E-state index contributed by atoms with van der Waals surface area (Å²) >= 11 is 5.08. The summed E-state index contributed by atoms with van der Waals surface area (Å²) in [6, 6.07) is 13.5. The highest BCUT2D eigenvalue weighted by Gasteiger charge is 2.32. The predicted molar refractivity (Wildman–Crippen MR) is 128 cm³/mol. The van der Waals surface area contributed by atoms with E-state index in [9.17, 15) is 9.59 Å². The number of thiocarbonyl (C=S) groups is 1. The van der Waals surface area contributed by atoms with E-state index in [0.29, 0.717) is 29.6 Å². The Bertz CT molecular complexity index is 1070. The molecule has 7 heteroatoms. The van der Waals surface area contributed by atoms with Gasteiger partial charge in [0.1, 0.15) is 12.2 Å². The molecular formula is C25H26N2O4S. The predicted octanol–water partition coefficient (Wildman–Crippen LogP) is 4.21. The smallest absolute Gasteiger partial charge is 0.265 e. The number of carbonyl (C=O) groups excluding carboxylic acids is 2. The fourth-order valence-corrected chi connectivity index (χ4v) is 3.46. The van der Waals surface area contributed by atoms with Crippen LogP contribution in [0.4, 0.5) is 0 Å². The Morgan fingerprint density at radius 3 is 2.47 bits per heavy atom. The van der Waals surface area contributed by atoms with Gasteiger partial charge in [-0.3, -0.25) is 19.8 Å². The Labute approximate surface area is 193 Å². The lowest BCUT2D eigenvalue weighted by molar-refractivity contribution is -0.128. The Balaban J connectivity index is 1.83. The van der Waals surface area contributed by atoms with Gasteiger partial charge in [-0.25, -0.2) is 0 Å². The molecule has 0 spiro atoms. The van der Waals surface area contributed by atoms with Crippen molar-refractivity contribution in [1.82, 2.24) is 10.2 Å². The maximum atomic E-state index is 12.7. The zero-order valence-corrected chi connectivity index (χ0v) is 19.2. The van der Waals surface area contributed by atoms with Crippen molar-refractivity contribution in [3.8, 4) is 11.5 Å². The van der Waals surface area contributed by atoms with E-state index < -0.39 is 11.8 Å². The van der Waals surface area contributed by atoms with Gasteiger partial charge in [-0.05, 0) is 53.0 Å². The number of hydrogen-bond acceptors (Lipinski definition) is 5. The van der Waals surface area contributed by atoms with Crippen LogP contribution in [0.2, 0.25) is 0 Å². The van der Waals surface area contributed by atoms with Crippen molar-refractivity contribution in [1.29, 1.82) is 0 Å². The highest BCUT2D eigenvalue weighted by Crippen LogP contribution is 2.30. The van der Waals surface area contributed by atoms with Crippen LogP contribution in [0.3, 0.4) is 0 Å². The first-order chi connectivity index (χ1) is 15.3. The van der Waals surface area contributed by atoms with E-state index >= 15 is 0 Å². The fourth-order valence-electron chi connectivity index (χ4n) is 3.21. The molecule has 0 aliphatic carbocycles. The largest absolute Gasteiger partial charge is 0.493 e. The average Bonchev–Trinajstić information content (AvgIpc) is 2.78. The monoisotopic (exact) mass is 450 g/mol. The molecule has 6 nitrogen and oxygen atoms in total. The number of carbonyl (C=O) groups is 2. The van der Waals surface area contributed by atoms with Crippen molar-refractivity contribution in [2.24, 2.45) is 0 Å². The number of amides is 2. The van der Waals surface area contributed by atoms with Crippen molar-refractivity contribution >= 4 is 35.2 Å². The first-order valence-electron chi connectivity index (χ1n) is 10.2. The first kappa shape index (κ1) is 23.2. The Hall–Kier alpha value is -3.45. The summed E-state index contributed by atoms with van der Waals surface area (Å²) in [5, 5.41) is 2.61. The second-order valence-corrected chi connectivity index (χ2v) is 8.00. The van der Waals surface area contributed by atoms with E-state index in [1.807, 2.05) is 12.1 Å². The topological polar surface area (TPSA) is 67.9 Å². The molecule has 0 radical (unpaired) electrons. The minimum absolute atomic E-state index is 0.0131. The van der Waals surface area contributed by atoms with Gasteiger partial charge in [0.2, 0.25) is 0 Å². The van der Waals surface area contributed by atoms with Crippen molar-refractivity contribution < 1.29 is 19.1 Å². The Morgan fingerprint density at radius 2 is 1.84 bits per heavy atom. The van der Waals surface area contributed by atoms with E-state index in [2.05, 4.69) is 37.9 Å². The molecule has 3 rings (SSSR count). The highest BCUT2D eigenvalue weighted by atomic mass is 32.1. The van der Waals surface area contributed by atoms with Gasteiger partial charge in [0.25, 0.3) is 11.8 Å². The molecule has 1 N–H and O–H groups in total. The maximum Gasteiger partial charge on any atom is 0.265 e. The number of ether oxygens (including phenoxy) is 2. The molecule has 0 unspecified atom stereocenters. The van der Waals surface area contributed by atoms with Crippen molar-refractivity contribution in [3.63, 3.8) is 0 Å². The third-order valence-corrected chi connectivity index (χ3v) is 5.36. The van der Waals surface area contributed by atoms with Gasteiger partial charge in [0, 0.05) is 6.54 Å². The lowest BCUT2D eigenvalue weighted by Crippen LogP contribution is -2.53. The van der Waals surface area contributed by atoms with Gasteiger partial charge < -0.3 is 9.47 Å². The SMILES string of the molecule is C=CCN1C(=O)/C(=C/c2ccc(OC)c(OCc3ccc(C(C)C)cc3)c2)C(=O)NC1=S. The number of benzene rings is 2. The number of nitrogens with one attached hydrogen (secondary N) is 1. The van der Waals surface area contributed by atoms with Crippen molar-refractivity contribution in [3.05, 3.63) is 77.4 Å². The lowest BCUT2D eigenvalue weighted by Gasteiger charge is -2.27. The summed E-state index contributed by atoms with van der Waals surface area (Å²) in [7, 11) is 1.56. The average molecular weight is 451 g/mol. The standard InChI is InChI=1S/C25H26N2O4S/c1-5-12-27-24(29)20(23(28)26-25(27)32)13-18-8-11-21(30-4)22(14-18)31-15-17-6-9-19(10-7-17)16(2)3/h5-11,13-14,16H,1,12,15H2,2-4H3,(H,26,28,32)/b20-13+. The van der Waals surface area contributed by atoms with Gasteiger partial charge in [-0.15, -0.1) is 6.58 Å². The van der Waals surface area contributed by atoms with Crippen LogP contribution in [0, 0.1) is 0 Å². The second kappa shape index (κ2) is 10.2. The van der Waals surface area contributed by atoms with Crippen LogP contribution < -0.4 is 14.8 Å². The second-order valence-electron chi connectivity index (χ2n) is 7.62. The minimum atomic E-state index is -0.538. The van der Waals surface area contributed by atoms with Crippen LogP contribution in [0.15, 0.2) is 60.7 Å². The maximum absolute atomic E-state index is 12.7. The van der Waals surface area contributed by atoms with Crippen LogP contribution >= 0.6 is 12.2 Å². The molecule has 166 valence electrons. The fraction of sp³-hybridized carbons (Fsp3) is 0.240. The molecule has 0 bridgehead atoms. The van der Waals surface area contributed by atoms with Gasteiger partial charge in [-0.1, -0.05) is 50.3 Å². The zero-order chi connectivity index (χ0) is 23.3. The van der Waals surface area contributed by atoms with Gasteiger partial charge in [-0.2, -0.15) is 0 Å². The van der Waals surface area contributed by atoms with Crippen LogP contribution in [0.25, 0.3) is 6.08 Å². The number of hydrogen-bond donors (Lipinski definition) is 1. The van der Waals surface area contributed by atoms with Crippen LogP contribution in [0.1, 0.15) is 36.5 Å². The Morgan fingerprint density at radius 1 is 1.12 bits per heavy atom. The van der Waals surface area contributed by atoms with E-state index in [-0.39, 0.29) is 17.2 Å². The lowest BCUT2D eigenvalue weighted by atomic mass is 10.0. The molecule has 0 aromatic heterocycles. The molecule has 1 aliphatic heterocycles. The third kappa shape index (κ3) is 5.23. The molecule has 32 heavy (non-hydrogen) atoms. The van der Waals surface area contributed by atoms with Crippen LogP contribution in [-0.4, -0.2) is 35.5 Å². The van der Waals surface area contributed by atoms with E-state index in [1.54, 1.807) is 31.4 Å². The first-order valence-corrected chi connectivity index (χ1v) is 10.6. The van der Waals surface area contributed by atoms with Crippen LogP contribution in [0.5, 0.6) is 11.5 Å². The van der Waals surface area contributed by atoms with E-state index in [0.717, 1.165) is 5.56 Å². The zero-order valence-electron chi connectivity index (χ0n) is 18.4. The van der Waals surface area contributed by atoms with Gasteiger partial charge in [0.15, 0.2) is 16.6 Å². The molecule has 1 aliphatic rings. The normalized spacial score (nSPS) is 15.2. The molecule has 2 aromatic carbocycles. The quantitative estimate of drug-likeness (QED) is 0.282. The summed E-state index contributed by atoms with van der Waals surface area (Å²) in [5.74, 6) is 0.522. The molecule has 1 fully saturated rings. The summed E-state index contributed by atoms with van der Waals surface area (Å²) in [5.41, 5.74) is 2.90. The minimum Gasteiger partial charge on any atom is -0.493 e. The molecule has 2 aromatic rings. The molecular weight excluding hydrogens is 424 g/mol. The highest BCUT2D eigenvalue weighted by molar-refractivity contribution is 7.80. The summed E-state index contributed by atoms with van der Waals surface area (Å²) in [6.45, 7) is 8.49. The Kier molecular flexibility index (Phi) is 7.43. The van der Waals surface area contributed by atoms with Gasteiger partial charge in [0.05, 0.1) is 7.11 Å². The summed E-state index contributed by atoms with van der Waals surface area (Å²) < 4.78 is 11.4. The number of nitrogens with zero attached hydrogens (tertiary/aromatic N) is 1. The van der Waals surface area contributed by atoms with E-state index in [4.69, 9.17) is 21.7 Å². The molecule has 0 saturated carbocycles. The molecule has 2 amide bonds. The van der Waals surface area contributed by atoms with Crippen molar-refractivity contribution in [2.45, 2.75) is 26.4 Å². The summed E-state index contributed by atoms with van der Waals surface area (Å²) in [6.07, 6.45) is 3.06. The molecule has 1 saturated heterocycles. The number of methoxy groups -OCH3 is 1. The van der Waals surface area contributed by atoms with Crippen molar-refractivity contribution in [2.75, 3.05) is 13.7 Å². The van der Waals surface area contributed by atoms with E-state index in [1.165, 1.54) is 16.5 Å². The molecule has 0 atom stereocenters. The number of rotatable bonds is 8. The molecule has 1 heterocycles. The third-order valence-electron chi connectivity index (χ3n) is 5.04. The van der Waals surface area contributed by atoms with Gasteiger partial charge >= 0.3 is 0 Å². The summed E-state index contributed by atoms with van der Waals surface area (Å²) in [4.78, 5) is 26.4. The van der Waals surface area contributed by atoms with Crippen LogP contribution in [-0.2, 0) is 16.2 Å².